The number of nitrogens with two attached hydrogens (primary N) is 1. The van der Waals surface area contributed by atoms with Crippen LogP contribution in [0, 0.1) is 11.2 Å². The molecule has 1 saturated carbocycles. The van der Waals surface area contributed by atoms with Crippen molar-refractivity contribution in [3.63, 3.8) is 0 Å². The van der Waals surface area contributed by atoms with Crippen LogP contribution in [0.15, 0.2) is 18.3 Å². The molecule has 1 heterocycles. The lowest BCUT2D eigenvalue weighted by atomic mass is 9.71. The third-order valence-corrected chi connectivity index (χ3v) is 3.88. The number of amides is 1. The Morgan fingerprint density at radius 2 is 2.11 bits per heavy atom. The van der Waals surface area contributed by atoms with E-state index in [1.165, 1.54) is 18.6 Å². The van der Waals surface area contributed by atoms with Gasteiger partial charge in [0.05, 0.1) is 6.20 Å². The van der Waals surface area contributed by atoms with Crippen molar-refractivity contribution in [1.29, 1.82) is 0 Å². The molecule has 19 heavy (non-hydrogen) atoms. The number of hydrogen-bond acceptors (Lipinski definition) is 3. The Morgan fingerprint density at radius 1 is 1.37 bits per heavy atom. The van der Waals surface area contributed by atoms with E-state index in [-0.39, 0.29) is 11.3 Å². The summed E-state index contributed by atoms with van der Waals surface area (Å²) in [7, 11) is 0. The Morgan fingerprint density at radius 3 is 2.68 bits per heavy atom. The van der Waals surface area contributed by atoms with E-state index < -0.39 is 5.82 Å². The topological polar surface area (TPSA) is 68.0 Å². The normalized spacial score (nSPS) is 18.0. The predicted molar refractivity (Wildman–Crippen MR) is 72.0 cm³/mol. The Labute approximate surface area is 112 Å². The number of nitrogens with zero attached hydrogens (tertiary/aromatic N) is 1. The van der Waals surface area contributed by atoms with Gasteiger partial charge in [-0.05, 0) is 36.9 Å². The Bertz CT molecular complexity index is 427. The maximum absolute atomic E-state index is 12.7. The molecule has 0 bridgehead atoms. The second kappa shape index (κ2) is 6.10. The van der Waals surface area contributed by atoms with Gasteiger partial charge in [-0.1, -0.05) is 19.3 Å². The maximum atomic E-state index is 12.7. The molecule has 0 aliphatic heterocycles. The third kappa shape index (κ3) is 3.73. The highest BCUT2D eigenvalue weighted by Gasteiger charge is 2.32. The van der Waals surface area contributed by atoms with Crippen molar-refractivity contribution in [2.24, 2.45) is 11.1 Å². The van der Waals surface area contributed by atoms with Crippen LogP contribution in [0.3, 0.4) is 0 Å². The molecule has 1 amide bonds. The average molecular weight is 265 g/mol. The first-order chi connectivity index (χ1) is 9.13. The van der Waals surface area contributed by atoms with Crippen LogP contribution in [-0.4, -0.2) is 17.4 Å². The summed E-state index contributed by atoms with van der Waals surface area (Å²) >= 11 is 0. The minimum atomic E-state index is -0.413. The highest BCUT2D eigenvalue weighted by atomic mass is 19.1. The second-order valence-electron chi connectivity index (χ2n) is 5.35. The Balaban J connectivity index is 1.94. The summed E-state index contributed by atoms with van der Waals surface area (Å²) in [6.07, 6.45) is 7.03. The zero-order valence-electron chi connectivity index (χ0n) is 11.0. The third-order valence-electron chi connectivity index (χ3n) is 3.88. The second-order valence-corrected chi connectivity index (χ2v) is 5.35. The SMILES string of the molecule is NCC1(CC(=O)Nc2ccc(F)cn2)CCCCC1. The summed E-state index contributed by atoms with van der Waals surface area (Å²) < 4.78 is 12.7. The number of aromatic nitrogens is 1. The van der Waals surface area contributed by atoms with Crippen molar-refractivity contribution in [2.45, 2.75) is 38.5 Å². The fourth-order valence-electron chi connectivity index (χ4n) is 2.73. The number of rotatable bonds is 4. The molecule has 5 heteroatoms. The number of halogens is 1. The molecule has 1 aliphatic carbocycles. The summed E-state index contributed by atoms with van der Waals surface area (Å²) in [6.45, 7) is 0.539. The van der Waals surface area contributed by atoms with Crippen molar-refractivity contribution < 1.29 is 9.18 Å². The van der Waals surface area contributed by atoms with E-state index in [9.17, 15) is 9.18 Å². The Kier molecular flexibility index (Phi) is 4.47. The summed E-state index contributed by atoms with van der Waals surface area (Å²) in [5.74, 6) is -0.121. The van der Waals surface area contributed by atoms with Gasteiger partial charge in [0.1, 0.15) is 11.6 Å². The van der Waals surface area contributed by atoms with Gasteiger partial charge < -0.3 is 11.1 Å². The Hall–Kier alpha value is -1.49. The van der Waals surface area contributed by atoms with Gasteiger partial charge in [-0.2, -0.15) is 0 Å². The molecule has 2 rings (SSSR count). The van der Waals surface area contributed by atoms with Gasteiger partial charge in [0.15, 0.2) is 0 Å². The molecule has 0 aromatic carbocycles. The lowest BCUT2D eigenvalue weighted by Gasteiger charge is -2.35. The van der Waals surface area contributed by atoms with E-state index in [2.05, 4.69) is 10.3 Å². The molecule has 0 spiro atoms. The minimum absolute atomic E-state index is 0.0671. The molecule has 1 aromatic rings. The van der Waals surface area contributed by atoms with E-state index >= 15 is 0 Å². The van der Waals surface area contributed by atoms with Crippen LogP contribution in [0.5, 0.6) is 0 Å². The number of nitrogens with one attached hydrogen (secondary N) is 1. The van der Waals surface area contributed by atoms with E-state index in [1.807, 2.05) is 0 Å². The summed E-state index contributed by atoms with van der Waals surface area (Å²) in [4.78, 5) is 15.9. The van der Waals surface area contributed by atoms with Gasteiger partial charge in [0, 0.05) is 6.42 Å². The first-order valence-corrected chi connectivity index (χ1v) is 6.75. The number of anilines is 1. The van der Waals surface area contributed by atoms with Gasteiger partial charge in [0.2, 0.25) is 5.91 Å². The molecule has 0 atom stereocenters. The summed E-state index contributed by atoms with van der Waals surface area (Å²) in [6, 6.07) is 2.74. The first-order valence-electron chi connectivity index (χ1n) is 6.75. The van der Waals surface area contributed by atoms with Crippen molar-refractivity contribution in [3.05, 3.63) is 24.1 Å². The average Bonchev–Trinajstić information content (AvgIpc) is 2.42. The maximum Gasteiger partial charge on any atom is 0.226 e. The van der Waals surface area contributed by atoms with Gasteiger partial charge in [0.25, 0.3) is 0 Å². The van der Waals surface area contributed by atoms with Crippen LogP contribution in [-0.2, 0) is 4.79 Å². The molecule has 104 valence electrons. The largest absolute Gasteiger partial charge is 0.330 e. The number of carbonyl (C=O) groups excluding carboxylic acids is 1. The summed E-state index contributed by atoms with van der Waals surface area (Å²) in [5.41, 5.74) is 5.79. The zero-order valence-corrected chi connectivity index (χ0v) is 11.0. The highest BCUT2D eigenvalue weighted by molar-refractivity contribution is 5.90. The molecule has 1 fully saturated rings. The van der Waals surface area contributed by atoms with Gasteiger partial charge in [-0.15, -0.1) is 0 Å². The molecule has 4 nitrogen and oxygen atoms in total. The van der Waals surface area contributed by atoms with E-state index in [0.29, 0.717) is 18.8 Å². The molecule has 0 saturated heterocycles. The van der Waals surface area contributed by atoms with Gasteiger partial charge >= 0.3 is 0 Å². The minimum Gasteiger partial charge on any atom is -0.330 e. The monoisotopic (exact) mass is 265 g/mol. The molecular formula is C14H20FN3O. The van der Waals surface area contributed by atoms with Gasteiger partial charge in [-0.25, -0.2) is 9.37 Å². The van der Waals surface area contributed by atoms with E-state index in [1.54, 1.807) is 0 Å². The van der Waals surface area contributed by atoms with Crippen molar-refractivity contribution in [2.75, 3.05) is 11.9 Å². The van der Waals surface area contributed by atoms with Crippen LogP contribution in [0.4, 0.5) is 10.2 Å². The zero-order chi connectivity index (χ0) is 13.7. The van der Waals surface area contributed by atoms with Crippen LogP contribution in [0.2, 0.25) is 0 Å². The van der Waals surface area contributed by atoms with Crippen LogP contribution < -0.4 is 11.1 Å². The standard InChI is InChI=1S/C14H20FN3O/c15-11-4-5-12(17-9-11)18-13(19)8-14(10-16)6-2-1-3-7-14/h4-5,9H,1-3,6-8,10,16H2,(H,17,18,19). The van der Waals surface area contributed by atoms with E-state index in [0.717, 1.165) is 31.9 Å². The lowest BCUT2D eigenvalue weighted by Crippen LogP contribution is -2.36. The predicted octanol–water partition coefficient (Wildman–Crippen LogP) is 2.46. The van der Waals surface area contributed by atoms with Crippen LogP contribution in [0.1, 0.15) is 38.5 Å². The lowest BCUT2D eigenvalue weighted by molar-refractivity contribution is -0.118. The molecule has 3 N–H and O–H groups in total. The van der Waals surface area contributed by atoms with Gasteiger partial charge in [-0.3, -0.25) is 4.79 Å². The van der Waals surface area contributed by atoms with E-state index in [4.69, 9.17) is 5.73 Å². The number of carbonyl (C=O) groups is 1. The quantitative estimate of drug-likeness (QED) is 0.878. The smallest absolute Gasteiger partial charge is 0.226 e. The summed E-state index contributed by atoms with van der Waals surface area (Å²) in [5, 5.41) is 2.70. The van der Waals surface area contributed by atoms with Crippen LogP contribution >= 0.6 is 0 Å². The van der Waals surface area contributed by atoms with Crippen molar-refractivity contribution in [3.8, 4) is 0 Å². The molecule has 1 aliphatic rings. The fraction of sp³-hybridized carbons (Fsp3) is 0.571. The van der Waals surface area contributed by atoms with Crippen LogP contribution in [0.25, 0.3) is 0 Å². The first kappa shape index (κ1) is 13.9. The molecule has 1 aromatic heterocycles. The van der Waals surface area contributed by atoms with Crippen molar-refractivity contribution >= 4 is 11.7 Å². The fourth-order valence-corrected chi connectivity index (χ4v) is 2.73. The molecule has 0 radical (unpaired) electrons. The molecule has 0 unspecified atom stereocenters. The molecular weight excluding hydrogens is 245 g/mol. The number of hydrogen-bond donors (Lipinski definition) is 2. The number of pyridine rings is 1. The highest BCUT2D eigenvalue weighted by Crippen LogP contribution is 2.38. The van der Waals surface area contributed by atoms with Crippen molar-refractivity contribution in [1.82, 2.24) is 4.98 Å².